The van der Waals surface area contributed by atoms with Crippen LogP contribution in [0, 0.1) is 11.8 Å². The van der Waals surface area contributed by atoms with E-state index in [1.165, 1.54) is 23.5 Å². The third-order valence-corrected chi connectivity index (χ3v) is 10.4. The van der Waals surface area contributed by atoms with Crippen LogP contribution in [-0.4, -0.2) is 78.8 Å². The van der Waals surface area contributed by atoms with Crippen molar-refractivity contribution in [1.82, 2.24) is 29.5 Å². The summed E-state index contributed by atoms with van der Waals surface area (Å²) >= 11 is 8.26. The lowest BCUT2D eigenvalue weighted by atomic mass is 9.98. The molecule has 3 aromatic heterocycles. The van der Waals surface area contributed by atoms with E-state index in [-0.39, 0.29) is 42.3 Å². The zero-order valence-electron chi connectivity index (χ0n) is 21.1. The summed E-state index contributed by atoms with van der Waals surface area (Å²) in [5.74, 6) is -0.0953. The fourth-order valence-corrected chi connectivity index (χ4v) is 7.89. The number of hydrogen-bond donors (Lipinski definition) is 4. The van der Waals surface area contributed by atoms with E-state index in [0.29, 0.717) is 18.7 Å². The normalized spacial score (nSPS) is 38.4. The average Bonchev–Trinajstić information content (AvgIpc) is 3.62. The highest BCUT2D eigenvalue weighted by Crippen LogP contribution is 2.59. The van der Waals surface area contributed by atoms with Crippen LogP contribution in [0.2, 0.25) is 0 Å². The minimum atomic E-state index is -4.10. The number of aliphatic hydroxyl groups excluding tert-OH is 1. The number of thiol groups is 2. The molecule has 20 heteroatoms. The monoisotopic (exact) mass is 648 g/mol. The Labute approximate surface area is 242 Å². The van der Waals surface area contributed by atoms with E-state index in [1.807, 2.05) is 0 Å². The molecule has 3 aliphatic rings. The van der Waals surface area contributed by atoms with Gasteiger partial charge in [-0.2, -0.15) is 0 Å². The van der Waals surface area contributed by atoms with Crippen molar-refractivity contribution in [3.63, 3.8) is 0 Å². The van der Waals surface area contributed by atoms with Gasteiger partial charge in [-0.05, 0) is 24.7 Å². The maximum absolute atomic E-state index is 13.4. The van der Waals surface area contributed by atoms with E-state index in [0.717, 1.165) is 0 Å². The average molecular weight is 649 g/mol. The number of aromatic nitrogens is 6. The van der Waals surface area contributed by atoms with Gasteiger partial charge in [-0.25, -0.2) is 29.1 Å². The second kappa shape index (κ2) is 11.7. The minimum Gasteiger partial charge on any atom is -0.474 e. The molecular formula is C21H26N6O10P2S2. The first kappa shape index (κ1) is 29.2. The molecule has 0 amide bonds. The van der Waals surface area contributed by atoms with Gasteiger partial charge >= 0.3 is 13.6 Å². The summed E-state index contributed by atoms with van der Waals surface area (Å²) in [4.78, 5) is 30.8. The quantitative estimate of drug-likeness (QED) is 0.238. The van der Waals surface area contributed by atoms with Crippen molar-refractivity contribution in [2.75, 3.05) is 19.8 Å². The summed E-state index contributed by atoms with van der Waals surface area (Å²) < 4.78 is 62.3. The highest BCUT2D eigenvalue weighted by molar-refractivity contribution is 8.44. The molecule has 3 aromatic rings. The standard InChI is InChI=1S/C21H26N6O10P2S2/c28-17-14-7-34-38(30,40)32-5-11-3-13(35-15-1-2-22-8-23-15)4-12(11)6-33-39(31,41)37-18(17)21(36-14)27-10-26-16-19(27)24-9-25-20(16)29/h1-2,8-14,17-18,21,28H,3-7H2,(H,30,40)(H,31,41)(H,24,25,29)/t11-,12-,13+,14-,17-,18-,21-,38?,39?/m1/s1. The van der Waals surface area contributed by atoms with Crippen LogP contribution >= 0.6 is 38.1 Å². The molecule has 2 N–H and O–H groups in total. The Bertz CT molecular complexity index is 1550. The molecule has 6 rings (SSSR count). The van der Waals surface area contributed by atoms with E-state index in [2.05, 4.69) is 49.4 Å². The fourth-order valence-electron chi connectivity index (χ4n) is 5.19. The molecule has 1 saturated carbocycles. The lowest BCUT2D eigenvalue weighted by Crippen LogP contribution is -2.35. The number of ether oxygens (including phenoxy) is 2. The van der Waals surface area contributed by atoms with Crippen LogP contribution in [0.1, 0.15) is 19.1 Å². The van der Waals surface area contributed by atoms with E-state index in [1.54, 1.807) is 12.3 Å². The maximum Gasteiger partial charge on any atom is 0.386 e. The second-order valence-electron chi connectivity index (χ2n) is 9.78. The smallest absolute Gasteiger partial charge is 0.386 e. The lowest BCUT2D eigenvalue weighted by molar-refractivity contribution is -0.0462. The molecule has 222 valence electrons. The molecule has 2 bridgehead atoms. The van der Waals surface area contributed by atoms with Crippen LogP contribution in [0.4, 0.5) is 0 Å². The van der Waals surface area contributed by atoms with Gasteiger partial charge in [0.05, 0.1) is 32.5 Å². The Balaban J connectivity index is 1.26. The van der Waals surface area contributed by atoms with Crippen LogP contribution in [0.15, 0.2) is 36.0 Å². The molecule has 0 aromatic carbocycles. The van der Waals surface area contributed by atoms with Crippen molar-refractivity contribution < 1.29 is 41.8 Å². The molecular weight excluding hydrogens is 622 g/mol. The Morgan fingerprint density at radius 1 is 1.05 bits per heavy atom. The Hall–Kier alpha value is -1.85. The van der Waals surface area contributed by atoms with Crippen LogP contribution in [0.3, 0.4) is 0 Å². The number of H-pyrrole nitrogens is 1. The minimum absolute atomic E-state index is 0.0134. The van der Waals surface area contributed by atoms with Gasteiger partial charge in [-0.1, -0.05) is 24.5 Å². The van der Waals surface area contributed by atoms with Crippen molar-refractivity contribution in [3.05, 3.63) is 41.6 Å². The third kappa shape index (κ3) is 6.42. The Kier molecular flexibility index (Phi) is 8.33. The highest BCUT2D eigenvalue weighted by Gasteiger charge is 2.50. The van der Waals surface area contributed by atoms with Crippen molar-refractivity contribution in [3.8, 4) is 5.88 Å². The van der Waals surface area contributed by atoms with Gasteiger partial charge in [0.1, 0.15) is 30.7 Å². The number of nitrogens with one attached hydrogen (secondary N) is 1. The van der Waals surface area contributed by atoms with E-state index in [9.17, 15) is 19.0 Å². The van der Waals surface area contributed by atoms with Gasteiger partial charge in [-0.3, -0.25) is 18.4 Å². The molecule has 0 spiro atoms. The number of aliphatic hydroxyl groups is 1. The first-order chi connectivity index (χ1) is 19.6. The maximum atomic E-state index is 13.4. The summed E-state index contributed by atoms with van der Waals surface area (Å²) in [7, 11) is 0. The molecule has 16 nitrogen and oxygen atoms in total. The van der Waals surface area contributed by atoms with Gasteiger partial charge in [0, 0.05) is 12.3 Å². The first-order valence-electron chi connectivity index (χ1n) is 12.5. The zero-order chi connectivity index (χ0) is 28.8. The number of hydrogen-bond acceptors (Lipinski definition) is 14. The first-order valence-corrected chi connectivity index (χ1v) is 17.9. The van der Waals surface area contributed by atoms with E-state index >= 15 is 0 Å². The molecule has 2 aliphatic heterocycles. The SMILES string of the molecule is O=c1[nH]cnc2c1ncn2[C@@H]1O[C@@H]2COP(=O)(S)OC[C@H]3C[C@H](Oc4ccncn4)C[C@@H]3COP(=O)(S)O[C@@H]1[C@@H]2O. The molecule has 9 atom stereocenters. The molecule has 2 unspecified atom stereocenters. The molecule has 41 heavy (non-hydrogen) atoms. The molecule has 2 saturated heterocycles. The van der Waals surface area contributed by atoms with Crippen molar-refractivity contribution >= 4 is 49.3 Å². The van der Waals surface area contributed by atoms with Crippen LogP contribution in [-0.2, 0) is 32.0 Å². The predicted octanol–water partition coefficient (Wildman–Crippen LogP) is 2.17. The van der Waals surface area contributed by atoms with Gasteiger partial charge in [-0.15, -0.1) is 0 Å². The Morgan fingerprint density at radius 2 is 1.78 bits per heavy atom. The third-order valence-electron chi connectivity index (χ3n) is 7.15. The van der Waals surface area contributed by atoms with Crippen LogP contribution in [0.25, 0.3) is 11.2 Å². The summed E-state index contributed by atoms with van der Waals surface area (Å²) in [6.07, 6.45) is 0.973. The van der Waals surface area contributed by atoms with Crippen LogP contribution in [0.5, 0.6) is 5.88 Å². The number of aromatic amines is 1. The predicted molar refractivity (Wildman–Crippen MR) is 147 cm³/mol. The molecule has 1 aliphatic carbocycles. The topological polar surface area (TPSA) is 199 Å². The van der Waals surface area contributed by atoms with Crippen molar-refractivity contribution in [2.24, 2.45) is 11.8 Å². The lowest BCUT2D eigenvalue weighted by Gasteiger charge is -2.27. The number of imidazole rings is 1. The van der Waals surface area contributed by atoms with E-state index < -0.39 is 50.3 Å². The number of nitrogens with zero attached hydrogens (tertiary/aromatic N) is 5. The molecule has 0 radical (unpaired) electrons. The number of fused-ring (bicyclic) bond motifs is 4. The summed E-state index contributed by atoms with van der Waals surface area (Å²) in [6, 6.07) is 1.63. The van der Waals surface area contributed by atoms with Gasteiger partial charge < -0.3 is 28.6 Å². The molecule has 5 heterocycles. The highest BCUT2D eigenvalue weighted by atomic mass is 32.7. The van der Waals surface area contributed by atoms with Gasteiger partial charge in [0.2, 0.25) is 5.88 Å². The van der Waals surface area contributed by atoms with Gasteiger partial charge in [0.15, 0.2) is 17.4 Å². The van der Waals surface area contributed by atoms with E-state index in [4.69, 9.17) is 27.6 Å². The largest absolute Gasteiger partial charge is 0.474 e. The fraction of sp³-hybridized carbons (Fsp3) is 0.571. The van der Waals surface area contributed by atoms with Gasteiger partial charge in [0.25, 0.3) is 5.56 Å². The molecule has 3 fully saturated rings. The van der Waals surface area contributed by atoms with Crippen molar-refractivity contribution in [1.29, 1.82) is 0 Å². The second-order valence-corrected chi connectivity index (χ2v) is 15.6. The Morgan fingerprint density at radius 3 is 2.51 bits per heavy atom. The summed E-state index contributed by atoms with van der Waals surface area (Å²) in [5.41, 5.74) is -0.354. The zero-order valence-corrected chi connectivity index (χ0v) is 24.7. The number of rotatable bonds is 3. The van der Waals surface area contributed by atoms with Crippen LogP contribution < -0.4 is 10.3 Å². The van der Waals surface area contributed by atoms with Crippen molar-refractivity contribution in [2.45, 2.75) is 43.5 Å². The summed E-state index contributed by atoms with van der Waals surface area (Å²) in [6.45, 7) is -8.49. The summed E-state index contributed by atoms with van der Waals surface area (Å²) in [5, 5.41) is 11.1.